The van der Waals surface area contributed by atoms with Crippen molar-refractivity contribution in [2.45, 2.75) is 64.8 Å². The van der Waals surface area contributed by atoms with Crippen LogP contribution in [-0.4, -0.2) is 22.9 Å². The summed E-state index contributed by atoms with van der Waals surface area (Å²) in [5.74, 6) is 0. The van der Waals surface area contributed by atoms with Gasteiger partial charge < -0.3 is 9.84 Å². The summed E-state index contributed by atoms with van der Waals surface area (Å²) in [6.07, 6.45) is 9.20. The molecule has 1 fully saturated rings. The molecule has 0 aromatic rings. The van der Waals surface area contributed by atoms with Crippen LogP contribution in [0.15, 0.2) is 23.8 Å². The van der Waals surface area contributed by atoms with E-state index in [4.69, 9.17) is 4.74 Å². The van der Waals surface area contributed by atoms with Crippen molar-refractivity contribution < 1.29 is 9.84 Å². The second-order valence-corrected chi connectivity index (χ2v) is 6.40. The van der Waals surface area contributed by atoms with E-state index < -0.39 is 6.10 Å². The number of hydrogen-bond acceptors (Lipinski definition) is 2. The molecule has 0 radical (unpaired) electrons. The van der Waals surface area contributed by atoms with Crippen molar-refractivity contribution in [3.63, 3.8) is 0 Å². The summed E-state index contributed by atoms with van der Waals surface area (Å²) < 4.78 is 5.85. The van der Waals surface area contributed by atoms with E-state index in [1.807, 2.05) is 13.0 Å². The number of epoxide rings is 1. The zero-order valence-electron chi connectivity index (χ0n) is 11.4. The predicted octanol–water partition coefficient (Wildman–Crippen LogP) is 3.22. The van der Waals surface area contributed by atoms with Crippen LogP contribution in [0.1, 0.15) is 47.0 Å². The highest BCUT2D eigenvalue weighted by molar-refractivity contribution is 5.17. The highest BCUT2D eigenvalue weighted by Crippen LogP contribution is 2.46. The standard InChI is InChI=1S/C15H24O2/c1-11-6-5-8-15(4)13(17-15)10-14(2,3)9-7-12(11)16/h6-7,9,12-13,16H,5,8,10H2,1-4H3/b9-7+,11-6+/t12-,13+,15+/m1/s1. The minimum Gasteiger partial charge on any atom is -0.385 e. The largest absolute Gasteiger partial charge is 0.385 e. The first-order valence-corrected chi connectivity index (χ1v) is 6.54. The van der Waals surface area contributed by atoms with E-state index in [1.54, 1.807) is 0 Å². The molecule has 0 saturated carbocycles. The van der Waals surface area contributed by atoms with Gasteiger partial charge in [0.05, 0.1) is 17.8 Å². The van der Waals surface area contributed by atoms with Crippen molar-refractivity contribution in [3.05, 3.63) is 23.8 Å². The molecule has 1 aliphatic carbocycles. The molecule has 2 rings (SSSR count). The zero-order chi connectivity index (χ0) is 12.7. The van der Waals surface area contributed by atoms with Crippen LogP contribution in [-0.2, 0) is 4.74 Å². The van der Waals surface area contributed by atoms with Gasteiger partial charge in [-0.2, -0.15) is 0 Å². The molecule has 3 atom stereocenters. The molecule has 0 unspecified atom stereocenters. The maximum absolute atomic E-state index is 9.98. The number of aliphatic hydroxyl groups is 1. The third-order valence-electron chi connectivity index (χ3n) is 4.05. The normalized spacial score (nSPS) is 46.1. The van der Waals surface area contributed by atoms with Crippen molar-refractivity contribution in [1.82, 2.24) is 0 Å². The van der Waals surface area contributed by atoms with Gasteiger partial charge in [0.25, 0.3) is 0 Å². The maximum atomic E-state index is 9.98. The lowest BCUT2D eigenvalue weighted by Crippen LogP contribution is -2.17. The van der Waals surface area contributed by atoms with Crippen molar-refractivity contribution >= 4 is 0 Å². The topological polar surface area (TPSA) is 32.8 Å². The molecule has 2 heteroatoms. The van der Waals surface area contributed by atoms with E-state index in [0.29, 0.717) is 6.10 Å². The number of fused-ring (bicyclic) bond motifs is 1. The van der Waals surface area contributed by atoms with E-state index in [-0.39, 0.29) is 11.0 Å². The summed E-state index contributed by atoms with van der Waals surface area (Å²) in [5.41, 5.74) is 1.20. The molecule has 0 bridgehead atoms. The smallest absolute Gasteiger partial charge is 0.0929 e. The first-order chi connectivity index (χ1) is 7.82. The maximum Gasteiger partial charge on any atom is 0.0929 e. The SMILES string of the molecule is C/C1=C\CC[C@]2(C)O[C@H]2CC(C)(C)/C=C/[C@H]1O. The fraction of sp³-hybridized carbons (Fsp3) is 0.733. The van der Waals surface area contributed by atoms with Crippen LogP contribution in [0.25, 0.3) is 0 Å². The summed E-state index contributed by atoms with van der Waals surface area (Å²) in [6, 6.07) is 0. The third-order valence-corrected chi connectivity index (χ3v) is 4.05. The molecular weight excluding hydrogens is 212 g/mol. The Morgan fingerprint density at radius 2 is 2.06 bits per heavy atom. The summed E-state index contributed by atoms with van der Waals surface area (Å²) in [4.78, 5) is 0. The summed E-state index contributed by atoms with van der Waals surface area (Å²) >= 11 is 0. The average Bonchev–Trinajstić information content (AvgIpc) is 2.83. The van der Waals surface area contributed by atoms with Gasteiger partial charge in [-0.05, 0) is 44.1 Å². The number of aliphatic hydroxyl groups excluding tert-OH is 1. The minimum atomic E-state index is -0.433. The lowest BCUT2D eigenvalue weighted by Gasteiger charge is -2.20. The van der Waals surface area contributed by atoms with Gasteiger partial charge in [0.15, 0.2) is 0 Å². The van der Waals surface area contributed by atoms with Crippen LogP contribution in [0, 0.1) is 5.41 Å². The molecule has 1 N–H and O–H groups in total. The fourth-order valence-corrected chi connectivity index (χ4v) is 2.52. The second kappa shape index (κ2) is 4.25. The average molecular weight is 236 g/mol. The van der Waals surface area contributed by atoms with Gasteiger partial charge >= 0.3 is 0 Å². The Hall–Kier alpha value is -0.600. The Morgan fingerprint density at radius 3 is 2.76 bits per heavy atom. The number of hydrogen-bond donors (Lipinski definition) is 1. The van der Waals surface area contributed by atoms with Crippen LogP contribution in [0.5, 0.6) is 0 Å². The van der Waals surface area contributed by atoms with E-state index in [1.165, 1.54) is 0 Å². The number of allylic oxidation sites excluding steroid dienone is 2. The fourth-order valence-electron chi connectivity index (χ4n) is 2.52. The lowest BCUT2D eigenvalue weighted by molar-refractivity contribution is 0.252. The third kappa shape index (κ3) is 2.99. The van der Waals surface area contributed by atoms with E-state index in [9.17, 15) is 5.11 Å². The van der Waals surface area contributed by atoms with Gasteiger partial charge in [-0.3, -0.25) is 0 Å². The van der Waals surface area contributed by atoms with Gasteiger partial charge in [-0.15, -0.1) is 0 Å². The molecule has 1 aliphatic heterocycles. The van der Waals surface area contributed by atoms with Gasteiger partial charge in [0.2, 0.25) is 0 Å². The van der Waals surface area contributed by atoms with Gasteiger partial charge in [0.1, 0.15) is 0 Å². The Labute approximate surface area is 104 Å². The first kappa shape index (κ1) is 12.8. The van der Waals surface area contributed by atoms with Crippen molar-refractivity contribution in [2.24, 2.45) is 5.41 Å². The summed E-state index contributed by atoms with van der Waals surface area (Å²) in [7, 11) is 0. The zero-order valence-corrected chi connectivity index (χ0v) is 11.4. The molecule has 1 heterocycles. The van der Waals surface area contributed by atoms with Gasteiger partial charge in [-0.1, -0.05) is 32.1 Å². The molecule has 0 spiro atoms. The van der Waals surface area contributed by atoms with Crippen LogP contribution in [0.3, 0.4) is 0 Å². The van der Waals surface area contributed by atoms with Crippen LogP contribution >= 0.6 is 0 Å². The highest BCUT2D eigenvalue weighted by Gasteiger charge is 2.52. The molecule has 0 aromatic carbocycles. The van der Waals surface area contributed by atoms with Gasteiger partial charge in [-0.25, -0.2) is 0 Å². The Bertz CT molecular complexity index is 354. The Kier molecular flexibility index (Phi) is 3.21. The Balaban J connectivity index is 2.18. The van der Waals surface area contributed by atoms with Crippen LogP contribution in [0.4, 0.5) is 0 Å². The highest BCUT2D eigenvalue weighted by atomic mass is 16.6. The Morgan fingerprint density at radius 1 is 1.35 bits per heavy atom. The number of ether oxygens (including phenoxy) is 1. The van der Waals surface area contributed by atoms with Crippen LogP contribution in [0.2, 0.25) is 0 Å². The molecule has 1 saturated heterocycles. The molecular formula is C15H24O2. The van der Waals surface area contributed by atoms with Crippen molar-refractivity contribution in [2.75, 3.05) is 0 Å². The first-order valence-electron chi connectivity index (χ1n) is 6.54. The monoisotopic (exact) mass is 236 g/mol. The quantitative estimate of drug-likeness (QED) is 0.517. The molecule has 2 aliphatic rings. The second-order valence-electron chi connectivity index (χ2n) is 6.40. The lowest BCUT2D eigenvalue weighted by atomic mass is 9.84. The summed E-state index contributed by atoms with van der Waals surface area (Å²) in [5, 5.41) is 9.98. The van der Waals surface area contributed by atoms with E-state index >= 15 is 0 Å². The minimum absolute atomic E-state index is 0.0666. The van der Waals surface area contributed by atoms with Crippen molar-refractivity contribution in [1.29, 1.82) is 0 Å². The van der Waals surface area contributed by atoms with Gasteiger partial charge in [0, 0.05) is 0 Å². The summed E-state index contributed by atoms with van der Waals surface area (Å²) in [6.45, 7) is 8.60. The molecule has 17 heavy (non-hydrogen) atoms. The van der Waals surface area contributed by atoms with Crippen LogP contribution < -0.4 is 0 Å². The molecule has 2 nitrogen and oxygen atoms in total. The molecule has 0 amide bonds. The van der Waals surface area contributed by atoms with E-state index in [2.05, 4.69) is 32.9 Å². The number of rotatable bonds is 0. The van der Waals surface area contributed by atoms with E-state index in [0.717, 1.165) is 24.8 Å². The molecule has 0 aromatic heterocycles. The molecule has 96 valence electrons. The van der Waals surface area contributed by atoms with Crippen molar-refractivity contribution in [3.8, 4) is 0 Å². The predicted molar refractivity (Wildman–Crippen MR) is 69.8 cm³/mol.